The van der Waals surface area contributed by atoms with E-state index in [1.807, 2.05) is 30.3 Å². The first-order valence-electron chi connectivity index (χ1n) is 8.87. The zero-order valence-electron chi connectivity index (χ0n) is 13.9. The minimum atomic E-state index is 0.748. The third-order valence-corrected chi connectivity index (χ3v) is 5.13. The lowest BCUT2D eigenvalue weighted by Crippen LogP contribution is -2.33. The lowest BCUT2D eigenvalue weighted by atomic mass is 10.1. The summed E-state index contributed by atoms with van der Waals surface area (Å²) in [6.07, 6.45) is 5.22. The van der Waals surface area contributed by atoms with Crippen LogP contribution in [-0.4, -0.2) is 31.1 Å². The van der Waals surface area contributed by atoms with E-state index in [-0.39, 0.29) is 0 Å². The highest BCUT2D eigenvalue weighted by Gasteiger charge is 2.24. The van der Waals surface area contributed by atoms with E-state index in [0.29, 0.717) is 0 Å². The number of hydrogen-bond donors (Lipinski definition) is 0. The summed E-state index contributed by atoms with van der Waals surface area (Å²) >= 11 is 6.23. The molecule has 4 heteroatoms. The number of ether oxygens (including phenoxy) is 1. The van der Waals surface area contributed by atoms with Gasteiger partial charge in [0.15, 0.2) is 11.5 Å². The van der Waals surface area contributed by atoms with Crippen LogP contribution in [0.15, 0.2) is 42.5 Å². The predicted molar refractivity (Wildman–Crippen MR) is 99.9 cm³/mol. The molecule has 2 aliphatic heterocycles. The number of hydrogen-bond acceptors (Lipinski definition) is 3. The number of piperidine rings is 1. The highest BCUT2D eigenvalue weighted by molar-refractivity contribution is 6.31. The van der Waals surface area contributed by atoms with E-state index < -0.39 is 0 Å². The fourth-order valence-corrected chi connectivity index (χ4v) is 3.85. The van der Waals surface area contributed by atoms with Crippen LogP contribution in [0, 0.1) is 0 Å². The third-order valence-electron chi connectivity index (χ3n) is 4.89. The van der Waals surface area contributed by atoms with Gasteiger partial charge in [-0.3, -0.25) is 0 Å². The topological polar surface area (TPSA) is 15.7 Å². The van der Waals surface area contributed by atoms with Crippen LogP contribution in [0.5, 0.6) is 11.5 Å². The van der Waals surface area contributed by atoms with Crippen molar-refractivity contribution in [2.45, 2.75) is 25.7 Å². The van der Waals surface area contributed by atoms with Gasteiger partial charge in [0.25, 0.3) is 0 Å². The van der Waals surface area contributed by atoms with Crippen LogP contribution in [0.2, 0.25) is 5.02 Å². The zero-order chi connectivity index (χ0) is 16.4. The van der Waals surface area contributed by atoms with Crippen molar-refractivity contribution in [2.24, 2.45) is 0 Å². The Hall–Kier alpha value is -1.71. The number of rotatable bonds is 4. The predicted octanol–water partition coefficient (Wildman–Crippen LogP) is 5.46. The van der Waals surface area contributed by atoms with E-state index in [2.05, 4.69) is 21.9 Å². The molecule has 2 heterocycles. The van der Waals surface area contributed by atoms with Gasteiger partial charge in [0.2, 0.25) is 0 Å². The summed E-state index contributed by atoms with van der Waals surface area (Å²) in [6, 6.07) is 14.1. The van der Waals surface area contributed by atoms with Crippen molar-refractivity contribution in [3.05, 3.63) is 47.5 Å². The molecule has 0 radical (unpaired) electrons. The first kappa shape index (κ1) is 15.8. The van der Waals surface area contributed by atoms with Gasteiger partial charge in [0.1, 0.15) is 0 Å². The van der Waals surface area contributed by atoms with Crippen molar-refractivity contribution in [3.8, 4) is 11.5 Å². The summed E-state index contributed by atoms with van der Waals surface area (Å²) in [5.41, 5.74) is 2.20. The standard InChI is InChI=1S/C20H23ClN2O/c21-16-9-10-20-18(15-16)23(17-7-2-3-8-19(17)24-20)14-6-13-22-11-4-1-5-12-22/h2-3,7-10,15H,1,4-6,11-14H2. The molecular formula is C20H23ClN2O. The fraction of sp³-hybridized carbons (Fsp3) is 0.400. The lowest BCUT2D eigenvalue weighted by molar-refractivity contribution is 0.227. The van der Waals surface area contributed by atoms with E-state index in [1.54, 1.807) is 0 Å². The number of fused-ring (bicyclic) bond motifs is 2. The number of halogens is 1. The monoisotopic (exact) mass is 342 g/mol. The molecule has 24 heavy (non-hydrogen) atoms. The van der Waals surface area contributed by atoms with Crippen LogP contribution < -0.4 is 9.64 Å². The number of likely N-dealkylation sites (tertiary alicyclic amines) is 1. The molecule has 0 unspecified atom stereocenters. The SMILES string of the molecule is Clc1ccc2c(c1)N(CCCN1CCCCC1)c1ccccc1O2. The Kier molecular flexibility index (Phi) is 4.63. The van der Waals surface area contributed by atoms with Crippen LogP contribution in [0.1, 0.15) is 25.7 Å². The third kappa shape index (κ3) is 3.24. The Morgan fingerprint density at radius 1 is 0.875 bits per heavy atom. The molecule has 1 fully saturated rings. The molecule has 2 aromatic rings. The van der Waals surface area contributed by atoms with Gasteiger partial charge in [0.05, 0.1) is 11.4 Å². The van der Waals surface area contributed by atoms with Gasteiger partial charge in [-0.05, 0) is 69.2 Å². The first-order valence-corrected chi connectivity index (χ1v) is 9.25. The van der Waals surface area contributed by atoms with Gasteiger partial charge < -0.3 is 14.5 Å². The molecular weight excluding hydrogens is 320 g/mol. The van der Waals surface area contributed by atoms with Gasteiger partial charge in [-0.2, -0.15) is 0 Å². The van der Waals surface area contributed by atoms with Gasteiger partial charge in [-0.1, -0.05) is 30.2 Å². The van der Waals surface area contributed by atoms with Gasteiger partial charge >= 0.3 is 0 Å². The maximum absolute atomic E-state index is 6.23. The normalized spacial score (nSPS) is 17.1. The zero-order valence-corrected chi connectivity index (χ0v) is 14.6. The van der Waals surface area contributed by atoms with Crippen molar-refractivity contribution in [1.82, 2.24) is 4.90 Å². The second-order valence-corrected chi connectivity index (χ2v) is 7.03. The van der Waals surface area contributed by atoms with Crippen LogP contribution in [0.4, 0.5) is 11.4 Å². The van der Waals surface area contributed by atoms with Crippen molar-refractivity contribution in [3.63, 3.8) is 0 Å². The van der Waals surface area contributed by atoms with E-state index >= 15 is 0 Å². The minimum Gasteiger partial charge on any atom is -0.453 e. The van der Waals surface area contributed by atoms with Crippen molar-refractivity contribution in [2.75, 3.05) is 31.1 Å². The molecule has 0 aromatic heterocycles. The highest BCUT2D eigenvalue weighted by Crippen LogP contribution is 2.47. The Morgan fingerprint density at radius 3 is 2.54 bits per heavy atom. The largest absolute Gasteiger partial charge is 0.453 e. The van der Waals surface area contributed by atoms with Crippen LogP contribution in [-0.2, 0) is 0 Å². The Bertz CT molecular complexity index is 713. The number of benzene rings is 2. The van der Waals surface area contributed by atoms with Crippen molar-refractivity contribution in [1.29, 1.82) is 0 Å². The average Bonchev–Trinajstić information content (AvgIpc) is 2.62. The minimum absolute atomic E-state index is 0.748. The fourth-order valence-electron chi connectivity index (χ4n) is 3.68. The molecule has 0 spiro atoms. The van der Waals surface area contributed by atoms with Gasteiger partial charge in [-0.15, -0.1) is 0 Å². The van der Waals surface area contributed by atoms with E-state index in [1.165, 1.54) is 32.4 Å². The van der Waals surface area contributed by atoms with Crippen molar-refractivity contribution < 1.29 is 4.74 Å². The van der Waals surface area contributed by atoms with Crippen molar-refractivity contribution >= 4 is 23.0 Å². The molecule has 2 aliphatic rings. The summed E-state index contributed by atoms with van der Waals surface area (Å²) in [5.74, 6) is 1.81. The van der Waals surface area contributed by atoms with Crippen LogP contribution in [0.3, 0.4) is 0 Å². The Labute approximate surface area is 148 Å². The molecule has 0 N–H and O–H groups in total. The Balaban J connectivity index is 1.53. The van der Waals surface area contributed by atoms with Gasteiger partial charge in [0, 0.05) is 11.6 Å². The molecule has 0 amide bonds. The molecule has 0 saturated carbocycles. The van der Waals surface area contributed by atoms with E-state index in [0.717, 1.165) is 47.4 Å². The number of anilines is 2. The van der Waals surface area contributed by atoms with Crippen LogP contribution >= 0.6 is 11.6 Å². The summed E-state index contributed by atoms with van der Waals surface area (Å²) < 4.78 is 6.05. The quantitative estimate of drug-likeness (QED) is 0.733. The molecule has 3 nitrogen and oxygen atoms in total. The molecule has 4 rings (SSSR count). The summed E-state index contributed by atoms with van der Waals surface area (Å²) in [5, 5.41) is 0.748. The second kappa shape index (κ2) is 7.04. The lowest BCUT2D eigenvalue weighted by Gasteiger charge is -2.34. The summed E-state index contributed by atoms with van der Waals surface area (Å²) in [7, 11) is 0. The summed E-state index contributed by atoms with van der Waals surface area (Å²) in [4.78, 5) is 4.94. The average molecular weight is 343 g/mol. The van der Waals surface area contributed by atoms with Crippen LogP contribution in [0.25, 0.3) is 0 Å². The molecule has 126 valence electrons. The van der Waals surface area contributed by atoms with E-state index in [4.69, 9.17) is 16.3 Å². The molecule has 2 aromatic carbocycles. The number of nitrogens with zero attached hydrogens (tertiary/aromatic N) is 2. The van der Waals surface area contributed by atoms with Gasteiger partial charge in [-0.25, -0.2) is 0 Å². The highest BCUT2D eigenvalue weighted by atomic mass is 35.5. The smallest absolute Gasteiger partial charge is 0.151 e. The molecule has 0 aliphatic carbocycles. The second-order valence-electron chi connectivity index (χ2n) is 6.59. The van der Waals surface area contributed by atoms with E-state index in [9.17, 15) is 0 Å². The maximum Gasteiger partial charge on any atom is 0.151 e. The maximum atomic E-state index is 6.23. The molecule has 0 bridgehead atoms. The molecule has 1 saturated heterocycles. The summed E-state index contributed by atoms with van der Waals surface area (Å²) in [6.45, 7) is 4.64. The number of para-hydroxylation sites is 2. The first-order chi connectivity index (χ1) is 11.8. The molecule has 0 atom stereocenters. The Morgan fingerprint density at radius 2 is 1.67 bits per heavy atom.